The third-order valence-corrected chi connectivity index (χ3v) is 7.38. The van der Waals surface area contributed by atoms with Crippen LogP contribution >= 0.6 is 0 Å². The van der Waals surface area contributed by atoms with E-state index in [1.807, 2.05) is 41.5 Å². The minimum atomic E-state index is -1.29. The van der Waals surface area contributed by atoms with Crippen molar-refractivity contribution < 1.29 is 23.5 Å². The molecular formula is C26H34FN3O4. The van der Waals surface area contributed by atoms with Crippen LogP contribution in [0.4, 0.5) is 10.1 Å². The maximum absolute atomic E-state index is 14.3. The van der Waals surface area contributed by atoms with Crippen LogP contribution in [0.5, 0.6) is 0 Å². The van der Waals surface area contributed by atoms with E-state index >= 15 is 0 Å². The molecule has 2 N–H and O–H groups in total. The van der Waals surface area contributed by atoms with E-state index < -0.39 is 51.9 Å². The SMILES string of the molecule is CCC(C)(C)N1C(=O)[C@@H]2[C@H](C(=O)Nc3ccccc3F)[C@@]3(C)C=C[C@@]2(O3)[C@H]1C(=O)NC(C)(C)C. The Morgan fingerprint density at radius 3 is 2.35 bits per heavy atom. The molecule has 34 heavy (non-hydrogen) atoms. The first-order valence-corrected chi connectivity index (χ1v) is 11.8. The van der Waals surface area contributed by atoms with E-state index in [0.717, 1.165) is 0 Å². The molecular weight excluding hydrogens is 437 g/mol. The molecule has 3 aliphatic heterocycles. The van der Waals surface area contributed by atoms with Crippen molar-refractivity contribution in [1.29, 1.82) is 0 Å². The summed E-state index contributed by atoms with van der Waals surface area (Å²) >= 11 is 0. The van der Waals surface area contributed by atoms with E-state index in [2.05, 4.69) is 10.6 Å². The summed E-state index contributed by atoms with van der Waals surface area (Å²) in [7, 11) is 0. The molecule has 3 amide bonds. The summed E-state index contributed by atoms with van der Waals surface area (Å²) in [5.41, 5.74) is -3.53. The van der Waals surface area contributed by atoms with Crippen LogP contribution in [-0.4, -0.2) is 50.9 Å². The van der Waals surface area contributed by atoms with E-state index in [4.69, 9.17) is 4.74 Å². The van der Waals surface area contributed by atoms with Gasteiger partial charge in [-0.1, -0.05) is 31.2 Å². The van der Waals surface area contributed by atoms with Crippen molar-refractivity contribution in [3.8, 4) is 0 Å². The molecule has 0 unspecified atom stereocenters. The minimum Gasteiger partial charge on any atom is -0.356 e. The Labute approximate surface area is 200 Å². The highest BCUT2D eigenvalue weighted by Crippen LogP contribution is 2.61. The lowest BCUT2D eigenvalue weighted by Gasteiger charge is -2.42. The number of para-hydroxylation sites is 1. The van der Waals surface area contributed by atoms with Crippen LogP contribution < -0.4 is 10.6 Å². The number of hydrogen-bond donors (Lipinski definition) is 2. The van der Waals surface area contributed by atoms with E-state index in [-0.39, 0.29) is 17.5 Å². The number of anilines is 1. The smallest absolute Gasteiger partial charge is 0.246 e. The summed E-state index contributed by atoms with van der Waals surface area (Å²) in [6.07, 6.45) is 4.15. The maximum Gasteiger partial charge on any atom is 0.246 e. The van der Waals surface area contributed by atoms with Gasteiger partial charge in [-0.15, -0.1) is 0 Å². The summed E-state index contributed by atoms with van der Waals surface area (Å²) < 4.78 is 20.7. The van der Waals surface area contributed by atoms with Crippen LogP contribution in [0.15, 0.2) is 36.4 Å². The number of benzene rings is 1. The predicted molar refractivity (Wildman–Crippen MR) is 126 cm³/mol. The summed E-state index contributed by atoms with van der Waals surface area (Å²) in [5.74, 6) is -3.54. The number of carbonyl (C=O) groups excluding carboxylic acids is 3. The van der Waals surface area contributed by atoms with Gasteiger partial charge in [0.05, 0.1) is 23.1 Å². The molecule has 1 aromatic carbocycles. The highest BCUT2D eigenvalue weighted by Gasteiger charge is 2.77. The number of halogens is 1. The summed E-state index contributed by atoms with van der Waals surface area (Å²) in [6, 6.07) is 4.95. The standard InChI is InChI=1S/C26H34FN3O4/c1-8-24(5,6)30-19(21(32)29-23(2,3)4)26-14-13-25(7,34-26)17(18(26)22(30)33)20(31)28-16-12-10-9-11-15(16)27/h9-14,17-19H,8H2,1-7H3,(H,28,31)(H,29,32)/t17-,18+,19-,25-,26+/m1/s1. The Kier molecular flexibility index (Phi) is 5.47. The molecule has 2 fully saturated rings. The fourth-order valence-corrected chi connectivity index (χ4v) is 5.56. The van der Waals surface area contributed by atoms with E-state index in [1.165, 1.54) is 18.2 Å². The molecule has 5 atom stereocenters. The number of likely N-dealkylation sites (tertiary alicyclic amines) is 1. The monoisotopic (exact) mass is 471 g/mol. The number of amides is 3. The Morgan fingerprint density at radius 2 is 1.76 bits per heavy atom. The molecule has 0 saturated carbocycles. The fraction of sp³-hybridized carbons (Fsp3) is 0.577. The molecule has 1 spiro atoms. The Balaban J connectivity index is 1.79. The van der Waals surface area contributed by atoms with Crippen LogP contribution in [0.1, 0.15) is 54.9 Å². The van der Waals surface area contributed by atoms with Gasteiger partial charge in [-0.3, -0.25) is 14.4 Å². The van der Waals surface area contributed by atoms with Gasteiger partial charge < -0.3 is 20.3 Å². The van der Waals surface area contributed by atoms with Gasteiger partial charge in [-0.2, -0.15) is 0 Å². The van der Waals surface area contributed by atoms with Gasteiger partial charge >= 0.3 is 0 Å². The lowest BCUT2D eigenvalue weighted by atomic mass is 9.70. The zero-order chi connectivity index (χ0) is 25.3. The van der Waals surface area contributed by atoms with Crippen LogP contribution in [-0.2, 0) is 19.1 Å². The number of hydrogen-bond acceptors (Lipinski definition) is 4. The number of nitrogens with one attached hydrogen (secondary N) is 2. The van der Waals surface area contributed by atoms with Crippen molar-refractivity contribution >= 4 is 23.4 Å². The lowest BCUT2D eigenvalue weighted by Crippen LogP contribution is -2.62. The topological polar surface area (TPSA) is 87.7 Å². The van der Waals surface area contributed by atoms with Crippen LogP contribution in [0.2, 0.25) is 0 Å². The number of carbonyl (C=O) groups is 3. The maximum atomic E-state index is 14.3. The Morgan fingerprint density at radius 1 is 1.12 bits per heavy atom. The fourth-order valence-electron chi connectivity index (χ4n) is 5.56. The van der Waals surface area contributed by atoms with E-state index in [1.54, 1.807) is 30.0 Å². The van der Waals surface area contributed by atoms with E-state index in [0.29, 0.717) is 6.42 Å². The Hall–Kier alpha value is -2.74. The molecule has 7 nitrogen and oxygen atoms in total. The zero-order valence-corrected chi connectivity index (χ0v) is 20.9. The summed E-state index contributed by atoms with van der Waals surface area (Å²) in [5, 5.41) is 5.65. The second-order valence-corrected chi connectivity index (χ2v) is 11.4. The van der Waals surface area contributed by atoms with Crippen molar-refractivity contribution in [2.24, 2.45) is 11.8 Å². The molecule has 3 aliphatic rings. The van der Waals surface area contributed by atoms with Crippen molar-refractivity contribution in [2.45, 2.75) is 83.2 Å². The molecule has 0 aromatic heterocycles. The number of ether oxygens (including phenoxy) is 1. The first kappa shape index (κ1) is 24.4. The molecule has 1 aromatic rings. The normalized spacial score (nSPS) is 32.2. The van der Waals surface area contributed by atoms with Gasteiger partial charge in [-0.25, -0.2) is 4.39 Å². The minimum absolute atomic E-state index is 0.0371. The van der Waals surface area contributed by atoms with Crippen LogP contribution in [0.25, 0.3) is 0 Å². The molecule has 3 heterocycles. The number of rotatable bonds is 5. The quantitative estimate of drug-likeness (QED) is 0.645. The molecule has 0 radical (unpaired) electrons. The van der Waals surface area contributed by atoms with Gasteiger partial charge in [0.2, 0.25) is 17.7 Å². The van der Waals surface area contributed by atoms with Gasteiger partial charge in [0, 0.05) is 11.1 Å². The van der Waals surface area contributed by atoms with Crippen molar-refractivity contribution in [2.75, 3.05) is 5.32 Å². The largest absolute Gasteiger partial charge is 0.356 e. The lowest BCUT2D eigenvalue weighted by molar-refractivity contribution is -0.151. The third kappa shape index (κ3) is 3.54. The third-order valence-electron chi connectivity index (χ3n) is 7.38. The highest BCUT2D eigenvalue weighted by molar-refractivity contribution is 6.03. The molecule has 8 heteroatoms. The van der Waals surface area contributed by atoms with Crippen molar-refractivity contribution in [3.05, 3.63) is 42.2 Å². The van der Waals surface area contributed by atoms with Gasteiger partial charge in [-0.05, 0) is 60.1 Å². The zero-order valence-electron chi connectivity index (χ0n) is 20.9. The van der Waals surface area contributed by atoms with Gasteiger partial charge in [0.1, 0.15) is 17.5 Å². The summed E-state index contributed by atoms with van der Waals surface area (Å²) in [4.78, 5) is 42.8. The average Bonchev–Trinajstić information content (AvgIpc) is 3.29. The molecule has 4 rings (SSSR count). The van der Waals surface area contributed by atoms with E-state index in [9.17, 15) is 18.8 Å². The second kappa shape index (κ2) is 7.63. The van der Waals surface area contributed by atoms with Crippen LogP contribution in [0, 0.1) is 17.7 Å². The Bertz CT molecular complexity index is 1080. The van der Waals surface area contributed by atoms with Crippen molar-refractivity contribution in [3.63, 3.8) is 0 Å². The first-order valence-electron chi connectivity index (χ1n) is 11.8. The second-order valence-electron chi connectivity index (χ2n) is 11.4. The van der Waals surface area contributed by atoms with Gasteiger partial charge in [0.15, 0.2) is 0 Å². The predicted octanol–water partition coefficient (Wildman–Crippen LogP) is 3.41. The van der Waals surface area contributed by atoms with Crippen LogP contribution in [0.3, 0.4) is 0 Å². The van der Waals surface area contributed by atoms with Crippen molar-refractivity contribution in [1.82, 2.24) is 10.2 Å². The summed E-state index contributed by atoms with van der Waals surface area (Å²) in [6.45, 7) is 13.1. The van der Waals surface area contributed by atoms with Gasteiger partial charge in [0.25, 0.3) is 0 Å². The highest BCUT2D eigenvalue weighted by atomic mass is 19.1. The average molecular weight is 472 g/mol. The molecule has 2 saturated heterocycles. The first-order chi connectivity index (χ1) is 15.7. The number of nitrogens with zero attached hydrogens (tertiary/aromatic N) is 1. The molecule has 2 bridgehead atoms. The number of fused-ring (bicyclic) bond motifs is 1. The molecule has 0 aliphatic carbocycles. The molecule has 184 valence electrons.